The highest BCUT2D eigenvalue weighted by molar-refractivity contribution is 7.08. The summed E-state index contributed by atoms with van der Waals surface area (Å²) in [6.07, 6.45) is 2.95. The standard InChI is InChI=1S/C10H13N3O2S/c11-9(14)7-2-5-13(6-3-7)10(15)8-1-4-12-16-8/h1,4,7H,2-3,5-6H2,(H2,11,14). The van der Waals surface area contributed by atoms with Crippen LogP contribution in [0.2, 0.25) is 0 Å². The van der Waals surface area contributed by atoms with E-state index in [-0.39, 0.29) is 17.7 Å². The zero-order chi connectivity index (χ0) is 11.5. The maximum absolute atomic E-state index is 11.9. The van der Waals surface area contributed by atoms with Crippen molar-refractivity contribution in [3.05, 3.63) is 17.1 Å². The van der Waals surface area contributed by atoms with Crippen LogP contribution in [-0.2, 0) is 4.79 Å². The van der Waals surface area contributed by atoms with Gasteiger partial charge < -0.3 is 10.6 Å². The molecule has 2 N–H and O–H groups in total. The molecular weight excluding hydrogens is 226 g/mol. The Morgan fingerprint density at radius 2 is 2.12 bits per heavy atom. The Hall–Kier alpha value is -1.43. The summed E-state index contributed by atoms with van der Waals surface area (Å²) >= 11 is 1.20. The van der Waals surface area contributed by atoms with Gasteiger partial charge in [0.25, 0.3) is 5.91 Å². The van der Waals surface area contributed by atoms with Crippen molar-refractivity contribution < 1.29 is 9.59 Å². The number of primary amides is 1. The second-order valence-corrected chi connectivity index (χ2v) is 4.68. The predicted octanol–water partition coefficient (Wildman–Crippen LogP) is 0.481. The van der Waals surface area contributed by atoms with Gasteiger partial charge in [-0.15, -0.1) is 0 Å². The van der Waals surface area contributed by atoms with Gasteiger partial charge in [0.15, 0.2) is 0 Å². The fourth-order valence-electron chi connectivity index (χ4n) is 1.85. The number of nitrogens with two attached hydrogens (primary N) is 1. The van der Waals surface area contributed by atoms with Crippen molar-refractivity contribution in [3.8, 4) is 0 Å². The molecule has 5 nitrogen and oxygen atoms in total. The Balaban J connectivity index is 1.94. The van der Waals surface area contributed by atoms with E-state index in [4.69, 9.17) is 5.73 Å². The van der Waals surface area contributed by atoms with Crippen molar-refractivity contribution in [1.29, 1.82) is 0 Å². The number of carbonyl (C=O) groups excluding carboxylic acids is 2. The number of nitrogens with zero attached hydrogens (tertiary/aromatic N) is 2. The van der Waals surface area contributed by atoms with E-state index in [9.17, 15) is 9.59 Å². The maximum Gasteiger partial charge on any atom is 0.265 e. The average Bonchev–Trinajstić information content (AvgIpc) is 2.81. The smallest absolute Gasteiger partial charge is 0.265 e. The van der Waals surface area contributed by atoms with Crippen molar-refractivity contribution in [2.75, 3.05) is 13.1 Å². The Morgan fingerprint density at radius 3 is 2.62 bits per heavy atom. The Morgan fingerprint density at radius 1 is 1.44 bits per heavy atom. The minimum atomic E-state index is -0.259. The number of rotatable bonds is 2. The lowest BCUT2D eigenvalue weighted by Gasteiger charge is -2.30. The molecular formula is C10H13N3O2S. The van der Waals surface area contributed by atoms with E-state index >= 15 is 0 Å². The Labute approximate surface area is 97.4 Å². The molecule has 0 saturated carbocycles. The van der Waals surface area contributed by atoms with E-state index in [1.807, 2.05) is 0 Å². The molecule has 1 aliphatic rings. The number of piperidine rings is 1. The fourth-order valence-corrected chi connectivity index (χ4v) is 2.41. The third kappa shape index (κ3) is 2.21. The van der Waals surface area contributed by atoms with Crippen LogP contribution >= 0.6 is 11.5 Å². The van der Waals surface area contributed by atoms with Crippen molar-refractivity contribution in [1.82, 2.24) is 9.27 Å². The molecule has 1 aromatic rings. The van der Waals surface area contributed by atoms with Gasteiger partial charge in [0.05, 0.1) is 0 Å². The third-order valence-corrected chi connectivity index (χ3v) is 3.57. The maximum atomic E-state index is 11.9. The molecule has 0 aliphatic carbocycles. The first-order valence-electron chi connectivity index (χ1n) is 5.18. The molecule has 1 aliphatic heterocycles. The summed E-state index contributed by atoms with van der Waals surface area (Å²) in [7, 11) is 0. The lowest BCUT2D eigenvalue weighted by atomic mass is 9.96. The summed E-state index contributed by atoms with van der Waals surface area (Å²) < 4.78 is 3.90. The van der Waals surface area contributed by atoms with Gasteiger partial charge in [-0.3, -0.25) is 9.59 Å². The molecule has 0 spiro atoms. The highest BCUT2D eigenvalue weighted by Crippen LogP contribution is 2.19. The first-order valence-corrected chi connectivity index (χ1v) is 5.95. The number of aromatic nitrogens is 1. The summed E-state index contributed by atoms with van der Waals surface area (Å²) in [6.45, 7) is 1.20. The van der Waals surface area contributed by atoms with Gasteiger partial charge in [0.1, 0.15) is 4.88 Å². The largest absolute Gasteiger partial charge is 0.369 e. The lowest BCUT2D eigenvalue weighted by Crippen LogP contribution is -2.41. The predicted molar refractivity (Wildman–Crippen MR) is 59.9 cm³/mol. The molecule has 1 saturated heterocycles. The number of hydrogen-bond donors (Lipinski definition) is 1. The van der Waals surface area contributed by atoms with Crippen molar-refractivity contribution in [2.24, 2.45) is 11.7 Å². The van der Waals surface area contributed by atoms with Gasteiger partial charge in [0.2, 0.25) is 5.91 Å². The van der Waals surface area contributed by atoms with Crippen molar-refractivity contribution >= 4 is 23.3 Å². The van der Waals surface area contributed by atoms with Crippen molar-refractivity contribution in [2.45, 2.75) is 12.8 Å². The van der Waals surface area contributed by atoms with Gasteiger partial charge in [-0.25, -0.2) is 4.37 Å². The van der Waals surface area contributed by atoms with E-state index in [0.717, 1.165) is 0 Å². The minimum Gasteiger partial charge on any atom is -0.369 e. The zero-order valence-corrected chi connectivity index (χ0v) is 9.57. The van der Waals surface area contributed by atoms with Gasteiger partial charge in [0, 0.05) is 25.2 Å². The van der Waals surface area contributed by atoms with E-state index in [1.165, 1.54) is 11.5 Å². The summed E-state index contributed by atoms with van der Waals surface area (Å²) in [5.41, 5.74) is 5.23. The molecule has 2 heterocycles. The van der Waals surface area contributed by atoms with E-state index in [1.54, 1.807) is 17.2 Å². The Kier molecular flexibility index (Phi) is 3.19. The quantitative estimate of drug-likeness (QED) is 0.815. The van der Waals surface area contributed by atoms with Crippen LogP contribution in [0.25, 0.3) is 0 Å². The summed E-state index contributed by atoms with van der Waals surface area (Å²) in [4.78, 5) is 25.3. The van der Waals surface area contributed by atoms with Crippen LogP contribution in [0.1, 0.15) is 22.5 Å². The SMILES string of the molecule is NC(=O)C1CCN(C(=O)c2ccns2)CC1. The minimum absolute atomic E-state index is 0.00502. The van der Waals surface area contributed by atoms with Gasteiger partial charge in [-0.1, -0.05) is 0 Å². The summed E-state index contributed by atoms with van der Waals surface area (Å²) in [6, 6.07) is 1.72. The van der Waals surface area contributed by atoms with Crippen LogP contribution in [0, 0.1) is 5.92 Å². The zero-order valence-electron chi connectivity index (χ0n) is 8.76. The van der Waals surface area contributed by atoms with E-state index in [0.29, 0.717) is 30.8 Å². The monoisotopic (exact) mass is 239 g/mol. The van der Waals surface area contributed by atoms with Crippen molar-refractivity contribution in [3.63, 3.8) is 0 Å². The molecule has 0 bridgehead atoms. The van der Waals surface area contributed by atoms with Crippen LogP contribution in [0.4, 0.5) is 0 Å². The molecule has 0 unspecified atom stereocenters. The topological polar surface area (TPSA) is 76.3 Å². The third-order valence-electron chi connectivity index (χ3n) is 2.83. The molecule has 0 radical (unpaired) electrons. The molecule has 1 aromatic heterocycles. The molecule has 6 heteroatoms. The van der Waals surface area contributed by atoms with E-state index < -0.39 is 0 Å². The first kappa shape index (κ1) is 11.1. The molecule has 0 atom stereocenters. The van der Waals surface area contributed by atoms with Gasteiger partial charge in [-0.05, 0) is 30.4 Å². The second-order valence-electron chi connectivity index (χ2n) is 3.85. The second kappa shape index (κ2) is 4.61. The van der Waals surface area contributed by atoms with Crippen LogP contribution in [0.3, 0.4) is 0 Å². The Bertz CT molecular complexity index is 383. The highest BCUT2D eigenvalue weighted by Gasteiger charge is 2.26. The summed E-state index contributed by atoms with van der Waals surface area (Å²) in [5, 5.41) is 0. The van der Waals surface area contributed by atoms with Crippen LogP contribution in [-0.4, -0.2) is 34.2 Å². The number of carbonyl (C=O) groups is 2. The molecule has 16 heavy (non-hydrogen) atoms. The number of amides is 2. The van der Waals surface area contributed by atoms with Crippen LogP contribution in [0.5, 0.6) is 0 Å². The average molecular weight is 239 g/mol. The fraction of sp³-hybridized carbons (Fsp3) is 0.500. The van der Waals surface area contributed by atoms with Gasteiger partial charge >= 0.3 is 0 Å². The normalized spacial score (nSPS) is 17.4. The number of hydrogen-bond acceptors (Lipinski definition) is 4. The molecule has 86 valence electrons. The lowest BCUT2D eigenvalue weighted by molar-refractivity contribution is -0.123. The van der Waals surface area contributed by atoms with Crippen LogP contribution < -0.4 is 5.73 Å². The molecule has 1 fully saturated rings. The van der Waals surface area contributed by atoms with Crippen LogP contribution in [0.15, 0.2) is 12.3 Å². The molecule has 2 amide bonds. The first-order chi connectivity index (χ1) is 7.68. The summed E-state index contributed by atoms with van der Waals surface area (Å²) in [5.74, 6) is -0.333. The van der Waals surface area contributed by atoms with Gasteiger partial charge in [-0.2, -0.15) is 0 Å². The van der Waals surface area contributed by atoms with E-state index in [2.05, 4.69) is 4.37 Å². The molecule has 0 aromatic carbocycles. The number of likely N-dealkylation sites (tertiary alicyclic amines) is 1. The highest BCUT2D eigenvalue weighted by atomic mass is 32.1. The molecule has 2 rings (SSSR count).